The highest BCUT2D eigenvalue weighted by atomic mass is 35.5. The van der Waals surface area contributed by atoms with Crippen LogP contribution in [-0.2, 0) is 11.2 Å². The van der Waals surface area contributed by atoms with Gasteiger partial charge < -0.3 is 5.32 Å². The molecule has 0 saturated heterocycles. The van der Waals surface area contributed by atoms with E-state index in [1.807, 2.05) is 13.8 Å². The Balaban J connectivity index is 2.45. The van der Waals surface area contributed by atoms with Crippen LogP contribution < -0.4 is 5.32 Å². The number of aryl methyl sites for hydroxylation is 1. The molecule has 2 nitrogen and oxygen atoms in total. The second-order valence-electron chi connectivity index (χ2n) is 4.29. The maximum Gasteiger partial charge on any atom is 0.146 e. The van der Waals surface area contributed by atoms with Gasteiger partial charge in [-0.1, -0.05) is 37.6 Å². The number of carbonyl (C=O) groups excluding carboxylic acids is 1. The minimum absolute atomic E-state index is 0.0816. The zero-order chi connectivity index (χ0) is 12.8. The van der Waals surface area contributed by atoms with Crippen LogP contribution in [0.2, 0.25) is 5.02 Å². The first-order valence-electron chi connectivity index (χ1n) is 5.68. The van der Waals surface area contributed by atoms with Crippen molar-refractivity contribution >= 4 is 17.4 Å². The fraction of sp³-hybridized carbons (Fsp3) is 0.462. The molecule has 4 heteroatoms. The number of hydrogen-bond donors (Lipinski definition) is 1. The van der Waals surface area contributed by atoms with Gasteiger partial charge in [-0.3, -0.25) is 4.79 Å². The van der Waals surface area contributed by atoms with Crippen molar-refractivity contribution in [2.45, 2.75) is 32.7 Å². The fourth-order valence-electron chi connectivity index (χ4n) is 1.42. The fourth-order valence-corrected chi connectivity index (χ4v) is 1.62. The molecular formula is C13H17ClFNO. The second-order valence-corrected chi connectivity index (χ2v) is 4.69. The summed E-state index contributed by atoms with van der Waals surface area (Å²) in [7, 11) is 0. The molecule has 0 radical (unpaired) electrons. The van der Waals surface area contributed by atoms with Gasteiger partial charge in [-0.15, -0.1) is 0 Å². The smallest absolute Gasteiger partial charge is 0.146 e. The molecule has 0 atom stereocenters. The molecule has 1 rings (SSSR count). The van der Waals surface area contributed by atoms with Crippen molar-refractivity contribution in [3.8, 4) is 0 Å². The van der Waals surface area contributed by atoms with Crippen molar-refractivity contribution in [3.63, 3.8) is 0 Å². The number of rotatable bonds is 6. The largest absolute Gasteiger partial charge is 0.308 e. The summed E-state index contributed by atoms with van der Waals surface area (Å²) in [5, 5.41) is 3.14. The summed E-state index contributed by atoms with van der Waals surface area (Å²) in [4.78, 5) is 11.5. The minimum Gasteiger partial charge on any atom is -0.308 e. The highest BCUT2D eigenvalue weighted by Crippen LogP contribution is 2.18. The summed E-state index contributed by atoms with van der Waals surface area (Å²) in [5.74, 6) is -0.336. The standard InChI is InChI=1S/C13H17ClFNO/c1-9(2)16-8-11(17)7-6-10-4-3-5-12(14)13(10)15/h3-5,9,16H,6-8H2,1-2H3. The van der Waals surface area contributed by atoms with Crippen molar-refractivity contribution in [1.82, 2.24) is 5.32 Å². The molecule has 0 spiro atoms. The Labute approximate surface area is 106 Å². The third-order valence-corrected chi connectivity index (χ3v) is 2.70. The van der Waals surface area contributed by atoms with Gasteiger partial charge in [0.1, 0.15) is 11.6 Å². The van der Waals surface area contributed by atoms with E-state index in [0.717, 1.165) is 0 Å². The quantitative estimate of drug-likeness (QED) is 0.849. The third-order valence-electron chi connectivity index (χ3n) is 2.41. The maximum absolute atomic E-state index is 13.5. The lowest BCUT2D eigenvalue weighted by atomic mass is 10.1. The molecule has 0 bridgehead atoms. The van der Waals surface area contributed by atoms with Gasteiger partial charge in [-0.05, 0) is 18.1 Å². The Kier molecular flexibility index (Phi) is 5.59. The lowest BCUT2D eigenvalue weighted by molar-refractivity contribution is -0.118. The summed E-state index contributed by atoms with van der Waals surface area (Å²) in [6.07, 6.45) is 0.724. The highest BCUT2D eigenvalue weighted by molar-refractivity contribution is 6.30. The van der Waals surface area contributed by atoms with E-state index in [2.05, 4.69) is 5.32 Å². The van der Waals surface area contributed by atoms with Gasteiger partial charge in [0.05, 0.1) is 11.6 Å². The van der Waals surface area contributed by atoms with Crippen LogP contribution in [-0.4, -0.2) is 18.4 Å². The first-order chi connectivity index (χ1) is 8.00. The van der Waals surface area contributed by atoms with E-state index in [1.54, 1.807) is 12.1 Å². The number of halogens is 2. The Bertz CT molecular complexity index is 393. The second kappa shape index (κ2) is 6.72. The number of hydrogen-bond acceptors (Lipinski definition) is 2. The molecule has 0 heterocycles. The van der Waals surface area contributed by atoms with Crippen molar-refractivity contribution in [2.24, 2.45) is 0 Å². The lowest BCUT2D eigenvalue weighted by Crippen LogP contribution is -2.29. The average Bonchev–Trinajstić information content (AvgIpc) is 2.28. The summed E-state index contributed by atoms with van der Waals surface area (Å²) in [5.41, 5.74) is 0.496. The predicted octanol–water partition coefficient (Wildman–Crippen LogP) is 2.98. The Morgan fingerprint density at radius 2 is 2.18 bits per heavy atom. The van der Waals surface area contributed by atoms with E-state index in [9.17, 15) is 9.18 Å². The molecule has 0 aliphatic heterocycles. The van der Waals surface area contributed by atoms with Gasteiger partial charge >= 0.3 is 0 Å². The Morgan fingerprint density at radius 1 is 1.47 bits per heavy atom. The maximum atomic E-state index is 13.5. The van der Waals surface area contributed by atoms with Crippen LogP contribution in [0.15, 0.2) is 18.2 Å². The molecule has 0 unspecified atom stereocenters. The van der Waals surface area contributed by atoms with Crippen molar-refractivity contribution in [1.29, 1.82) is 0 Å². The number of ketones is 1. The molecule has 0 aliphatic rings. The van der Waals surface area contributed by atoms with Crippen molar-refractivity contribution < 1.29 is 9.18 Å². The molecule has 1 aromatic rings. The topological polar surface area (TPSA) is 29.1 Å². The van der Waals surface area contributed by atoms with Gasteiger partial charge in [-0.25, -0.2) is 4.39 Å². The molecule has 0 saturated carbocycles. The molecule has 17 heavy (non-hydrogen) atoms. The molecule has 0 amide bonds. The molecular weight excluding hydrogens is 241 g/mol. The van der Waals surface area contributed by atoms with Gasteiger partial charge in [0.15, 0.2) is 0 Å². The first kappa shape index (κ1) is 14.1. The van der Waals surface area contributed by atoms with Crippen molar-refractivity contribution in [3.05, 3.63) is 34.6 Å². The zero-order valence-electron chi connectivity index (χ0n) is 10.1. The Hall–Kier alpha value is -0.930. The monoisotopic (exact) mass is 257 g/mol. The Morgan fingerprint density at radius 3 is 2.82 bits per heavy atom. The van der Waals surface area contributed by atoms with Crippen LogP contribution >= 0.6 is 11.6 Å². The van der Waals surface area contributed by atoms with Crippen LogP contribution in [0, 0.1) is 5.82 Å². The summed E-state index contributed by atoms with van der Waals surface area (Å²) in [6.45, 7) is 4.29. The van der Waals surface area contributed by atoms with Crippen LogP contribution in [0.5, 0.6) is 0 Å². The van der Waals surface area contributed by atoms with E-state index < -0.39 is 5.82 Å². The van der Waals surface area contributed by atoms with E-state index >= 15 is 0 Å². The number of carbonyl (C=O) groups is 1. The third kappa shape index (κ3) is 4.84. The highest BCUT2D eigenvalue weighted by Gasteiger charge is 2.08. The normalized spacial score (nSPS) is 10.9. The molecule has 0 aromatic heterocycles. The van der Waals surface area contributed by atoms with Gasteiger partial charge in [-0.2, -0.15) is 0 Å². The van der Waals surface area contributed by atoms with Crippen LogP contribution in [0.4, 0.5) is 4.39 Å². The molecule has 0 aliphatic carbocycles. The number of nitrogens with one attached hydrogen (secondary N) is 1. The molecule has 1 aromatic carbocycles. The van der Waals surface area contributed by atoms with Gasteiger partial charge in [0, 0.05) is 12.5 Å². The average molecular weight is 258 g/mol. The number of Topliss-reactive ketones (excluding diaryl/α,β-unsaturated/α-hetero) is 1. The van der Waals surface area contributed by atoms with E-state index in [1.165, 1.54) is 6.07 Å². The summed E-state index contributed by atoms with van der Waals surface area (Å²) in [6, 6.07) is 5.13. The SMILES string of the molecule is CC(C)NCC(=O)CCc1cccc(Cl)c1F. The summed E-state index contributed by atoms with van der Waals surface area (Å²) >= 11 is 5.66. The molecule has 94 valence electrons. The predicted molar refractivity (Wildman–Crippen MR) is 67.9 cm³/mol. The molecule has 1 N–H and O–H groups in total. The van der Waals surface area contributed by atoms with Gasteiger partial charge in [0.25, 0.3) is 0 Å². The van der Waals surface area contributed by atoms with Crippen LogP contribution in [0.1, 0.15) is 25.8 Å². The zero-order valence-corrected chi connectivity index (χ0v) is 10.9. The van der Waals surface area contributed by atoms with E-state index in [-0.39, 0.29) is 16.8 Å². The van der Waals surface area contributed by atoms with Gasteiger partial charge in [0.2, 0.25) is 0 Å². The van der Waals surface area contributed by atoms with Crippen LogP contribution in [0.3, 0.4) is 0 Å². The van der Waals surface area contributed by atoms with Crippen LogP contribution in [0.25, 0.3) is 0 Å². The minimum atomic E-state index is -0.418. The molecule has 0 fully saturated rings. The van der Waals surface area contributed by atoms with E-state index in [4.69, 9.17) is 11.6 Å². The van der Waals surface area contributed by atoms with E-state index in [0.29, 0.717) is 24.9 Å². The summed E-state index contributed by atoms with van der Waals surface area (Å²) < 4.78 is 13.5. The van der Waals surface area contributed by atoms with Crippen molar-refractivity contribution in [2.75, 3.05) is 6.54 Å². The lowest BCUT2D eigenvalue weighted by Gasteiger charge is -2.07. The first-order valence-corrected chi connectivity index (χ1v) is 6.06. The number of benzene rings is 1.